The average Bonchev–Trinajstić information content (AvgIpc) is 2.75. The standard InChI is InChI=1S/C10H10BrN3O/c1-6-8(11)10(12-2)14-9(13-6)7-4-3-5-15-7/h3-5H,1-2H3,(H,12,13,14). The third kappa shape index (κ3) is 1.87. The van der Waals surface area contributed by atoms with E-state index in [1.54, 1.807) is 6.26 Å². The molecule has 2 heterocycles. The van der Waals surface area contributed by atoms with Gasteiger partial charge in [0, 0.05) is 7.05 Å². The van der Waals surface area contributed by atoms with Gasteiger partial charge in [-0.15, -0.1) is 0 Å². The molecule has 0 radical (unpaired) electrons. The van der Waals surface area contributed by atoms with Crippen LogP contribution in [0.2, 0.25) is 0 Å². The highest BCUT2D eigenvalue weighted by atomic mass is 79.9. The predicted octanol–water partition coefficient (Wildman–Crippen LogP) is 2.85. The van der Waals surface area contributed by atoms with Crippen LogP contribution in [-0.4, -0.2) is 17.0 Å². The quantitative estimate of drug-likeness (QED) is 0.909. The number of anilines is 1. The highest BCUT2D eigenvalue weighted by molar-refractivity contribution is 9.10. The van der Waals surface area contributed by atoms with Gasteiger partial charge in [0.05, 0.1) is 16.4 Å². The molecule has 5 heteroatoms. The first kappa shape index (κ1) is 10.2. The molecule has 0 aliphatic rings. The van der Waals surface area contributed by atoms with Crippen LogP contribution < -0.4 is 5.32 Å². The van der Waals surface area contributed by atoms with Crippen molar-refractivity contribution in [2.24, 2.45) is 0 Å². The van der Waals surface area contributed by atoms with E-state index in [4.69, 9.17) is 4.42 Å². The number of nitrogens with zero attached hydrogens (tertiary/aromatic N) is 2. The number of rotatable bonds is 2. The van der Waals surface area contributed by atoms with Crippen LogP contribution in [0.5, 0.6) is 0 Å². The van der Waals surface area contributed by atoms with Gasteiger partial charge in [-0.05, 0) is 35.0 Å². The molecule has 0 amide bonds. The van der Waals surface area contributed by atoms with Gasteiger partial charge in [-0.25, -0.2) is 9.97 Å². The zero-order valence-corrected chi connectivity index (χ0v) is 10.00. The monoisotopic (exact) mass is 267 g/mol. The summed E-state index contributed by atoms with van der Waals surface area (Å²) in [5, 5.41) is 3.00. The van der Waals surface area contributed by atoms with E-state index in [-0.39, 0.29) is 0 Å². The van der Waals surface area contributed by atoms with Crippen molar-refractivity contribution in [3.63, 3.8) is 0 Å². The van der Waals surface area contributed by atoms with E-state index >= 15 is 0 Å². The van der Waals surface area contributed by atoms with E-state index in [0.29, 0.717) is 11.6 Å². The Morgan fingerprint density at radius 2 is 2.20 bits per heavy atom. The summed E-state index contributed by atoms with van der Waals surface area (Å²) >= 11 is 3.42. The molecule has 1 N–H and O–H groups in total. The lowest BCUT2D eigenvalue weighted by atomic mass is 10.3. The molecule has 0 aromatic carbocycles. The minimum atomic E-state index is 0.588. The van der Waals surface area contributed by atoms with Crippen LogP contribution in [0.25, 0.3) is 11.6 Å². The minimum absolute atomic E-state index is 0.588. The number of halogens is 1. The van der Waals surface area contributed by atoms with E-state index in [2.05, 4.69) is 31.2 Å². The molecule has 0 atom stereocenters. The lowest BCUT2D eigenvalue weighted by Gasteiger charge is -2.06. The Morgan fingerprint density at radius 1 is 1.40 bits per heavy atom. The SMILES string of the molecule is CNc1nc(-c2ccco2)nc(C)c1Br. The van der Waals surface area contributed by atoms with Gasteiger partial charge < -0.3 is 9.73 Å². The van der Waals surface area contributed by atoms with E-state index < -0.39 is 0 Å². The summed E-state index contributed by atoms with van der Waals surface area (Å²) < 4.78 is 6.12. The largest absolute Gasteiger partial charge is 0.461 e. The fourth-order valence-corrected chi connectivity index (χ4v) is 1.62. The Kier molecular flexibility index (Phi) is 2.73. The molecule has 0 aliphatic heterocycles. The first-order chi connectivity index (χ1) is 7.22. The second kappa shape index (κ2) is 4.02. The highest BCUT2D eigenvalue weighted by Gasteiger charge is 2.10. The van der Waals surface area contributed by atoms with Crippen molar-refractivity contribution in [1.29, 1.82) is 0 Å². The molecule has 0 fully saturated rings. The van der Waals surface area contributed by atoms with Crippen molar-refractivity contribution in [3.8, 4) is 11.6 Å². The molecule has 0 bridgehead atoms. The van der Waals surface area contributed by atoms with Crippen LogP contribution in [0.1, 0.15) is 5.69 Å². The number of nitrogens with one attached hydrogen (secondary N) is 1. The molecule has 78 valence electrons. The summed E-state index contributed by atoms with van der Waals surface area (Å²) in [5.74, 6) is 2.01. The van der Waals surface area contributed by atoms with Crippen LogP contribution in [0.15, 0.2) is 27.3 Å². The molecule has 0 unspecified atom stereocenters. The number of hydrogen-bond donors (Lipinski definition) is 1. The third-order valence-electron chi connectivity index (χ3n) is 2.00. The van der Waals surface area contributed by atoms with Crippen molar-refractivity contribution in [2.75, 3.05) is 12.4 Å². The van der Waals surface area contributed by atoms with Crippen LogP contribution in [0, 0.1) is 6.92 Å². The van der Waals surface area contributed by atoms with Crippen molar-refractivity contribution in [3.05, 3.63) is 28.6 Å². The topological polar surface area (TPSA) is 51.0 Å². The van der Waals surface area contributed by atoms with Gasteiger partial charge in [-0.2, -0.15) is 0 Å². The highest BCUT2D eigenvalue weighted by Crippen LogP contribution is 2.26. The molecule has 4 nitrogen and oxygen atoms in total. The van der Waals surface area contributed by atoms with Crippen molar-refractivity contribution in [1.82, 2.24) is 9.97 Å². The molecular weight excluding hydrogens is 258 g/mol. The Bertz CT molecular complexity index is 468. The fraction of sp³-hybridized carbons (Fsp3) is 0.200. The normalized spacial score (nSPS) is 10.3. The van der Waals surface area contributed by atoms with Crippen LogP contribution in [-0.2, 0) is 0 Å². The molecule has 0 saturated carbocycles. The van der Waals surface area contributed by atoms with Gasteiger partial charge in [-0.3, -0.25) is 0 Å². The Balaban J connectivity index is 2.55. The maximum atomic E-state index is 5.25. The summed E-state index contributed by atoms with van der Waals surface area (Å²) in [5.41, 5.74) is 0.876. The van der Waals surface area contributed by atoms with Crippen LogP contribution in [0.3, 0.4) is 0 Å². The Labute approximate surface area is 95.9 Å². The Hall–Kier alpha value is -1.36. The second-order valence-corrected chi connectivity index (χ2v) is 3.82. The summed E-state index contributed by atoms with van der Waals surface area (Å²) in [6, 6.07) is 3.65. The summed E-state index contributed by atoms with van der Waals surface area (Å²) in [7, 11) is 1.82. The summed E-state index contributed by atoms with van der Waals surface area (Å²) in [6.07, 6.45) is 1.61. The molecule has 0 saturated heterocycles. The number of aryl methyl sites for hydroxylation is 1. The molecule has 0 aliphatic carbocycles. The third-order valence-corrected chi connectivity index (χ3v) is 2.94. The lowest BCUT2D eigenvalue weighted by Crippen LogP contribution is -2.00. The van der Waals surface area contributed by atoms with Gasteiger partial charge >= 0.3 is 0 Å². The van der Waals surface area contributed by atoms with E-state index in [9.17, 15) is 0 Å². The van der Waals surface area contributed by atoms with Crippen LogP contribution in [0.4, 0.5) is 5.82 Å². The zero-order valence-electron chi connectivity index (χ0n) is 8.41. The Morgan fingerprint density at radius 3 is 2.80 bits per heavy atom. The predicted molar refractivity (Wildman–Crippen MR) is 61.7 cm³/mol. The van der Waals surface area contributed by atoms with Gasteiger partial charge in [0.15, 0.2) is 11.6 Å². The van der Waals surface area contributed by atoms with Crippen LogP contribution >= 0.6 is 15.9 Å². The van der Waals surface area contributed by atoms with Crippen molar-refractivity contribution >= 4 is 21.7 Å². The fourth-order valence-electron chi connectivity index (χ4n) is 1.24. The smallest absolute Gasteiger partial charge is 0.197 e. The lowest BCUT2D eigenvalue weighted by molar-refractivity contribution is 0.577. The maximum Gasteiger partial charge on any atom is 0.197 e. The van der Waals surface area contributed by atoms with Gasteiger partial charge in [0.25, 0.3) is 0 Å². The zero-order chi connectivity index (χ0) is 10.8. The first-order valence-corrected chi connectivity index (χ1v) is 5.27. The molecule has 0 spiro atoms. The number of furan rings is 1. The minimum Gasteiger partial charge on any atom is -0.461 e. The number of hydrogen-bond acceptors (Lipinski definition) is 4. The summed E-state index contributed by atoms with van der Waals surface area (Å²) in [6.45, 7) is 1.92. The molecular formula is C10H10BrN3O. The maximum absolute atomic E-state index is 5.25. The second-order valence-electron chi connectivity index (χ2n) is 3.02. The van der Waals surface area contributed by atoms with Gasteiger partial charge in [0.2, 0.25) is 0 Å². The summed E-state index contributed by atoms with van der Waals surface area (Å²) in [4.78, 5) is 8.66. The van der Waals surface area contributed by atoms with E-state index in [1.165, 1.54) is 0 Å². The van der Waals surface area contributed by atoms with E-state index in [1.807, 2.05) is 26.1 Å². The molecule has 15 heavy (non-hydrogen) atoms. The molecule has 2 aromatic rings. The number of aromatic nitrogens is 2. The van der Waals surface area contributed by atoms with Crippen molar-refractivity contribution < 1.29 is 4.42 Å². The van der Waals surface area contributed by atoms with Gasteiger partial charge in [-0.1, -0.05) is 0 Å². The average molecular weight is 268 g/mol. The molecule has 2 aromatic heterocycles. The van der Waals surface area contributed by atoms with Crippen molar-refractivity contribution in [2.45, 2.75) is 6.92 Å². The molecule has 2 rings (SSSR count). The van der Waals surface area contributed by atoms with Gasteiger partial charge in [0.1, 0.15) is 5.82 Å². The first-order valence-electron chi connectivity index (χ1n) is 4.48. The van der Waals surface area contributed by atoms with E-state index in [0.717, 1.165) is 16.0 Å².